The third kappa shape index (κ3) is 8.53. The molecule has 0 atom stereocenters. The summed E-state index contributed by atoms with van der Waals surface area (Å²) in [5.74, 6) is 1.24. The van der Waals surface area contributed by atoms with Gasteiger partial charge in [-0.25, -0.2) is 0 Å². The Morgan fingerprint density at radius 3 is 2.48 bits per heavy atom. The van der Waals surface area contributed by atoms with Gasteiger partial charge in [-0.1, -0.05) is 0 Å². The zero-order chi connectivity index (χ0) is 18.9. The molecule has 0 aliphatic heterocycles. The minimum absolute atomic E-state index is 0.0424. The van der Waals surface area contributed by atoms with E-state index >= 15 is 0 Å². The Labute approximate surface area is 148 Å². The summed E-state index contributed by atoms with van der Waals surface area (Å²) in [5.41, 5.74) is 0.594. The fourth-order valence-corrected chi connectivity index (χ4v) is 2.05. The lowest BCUT2D eigenvalue weighted by Crippen LogP contribution is -2.44. The molecule has 0 spiro atoms. The maximum atomic E-state index is 12.5. The SMILES string of the molecule is CN=C(NCCNC(C)(C)C)NCc1cc(OC)ccc1OC(F)F. The number of halogens is 2. The fraction of sp³-hybridized carbons (Fsp3) is 0.588. The summed E-state index contributed by atoms with van der Waals surface area (Å²) in [7, 11) is 3.16. The predicted molar refractivity (Wildman–Crippen MR) is 95.6 cm³/mol. The van der Waals surface area contributed by atoms with Crippen molar-refractivity contribution in [3.63, 3.8) is 0 Å². The molecule has 0 aliphatic carbocycles. The molecule has 0 bridgehead atoms. The van der Waals surface area contributed by atoms with Crippen molar-refractivity contribution >= 4 is 5.96 Å². The van der Waals surface area contributed by atoms with Crippen LogP contribution in [0.3, 0.4) is 0 Å². The Kier molecular flexibility index (Phi) is 8.40. The number of benzene rings is 1. The first-order valence-corrected chi connectivity index (χ1v) is 8.06. The van der Waals surface area contributed by atoms with Gasteiger partial charge >= 0.3 is 6.61 Å². The molecule has 1 aromatic carbocycles. The minimum atomic E-state index is -2.88. The van der Waals surface area contributed by atoms with Crippen LogP contribution >= 0.6 is 0 Å². The maximum Gasteiger partial charge on any atom is 0.387 e. The topological polar surface area (TPSA) is 66.9 Å². The van der Waals surface area contributed by atoms with Gasteiger partial charge in [-0.3, -0.25) is 4.99 Å². The Morgan fingerprint density at radius 1 is 1.20 bits per heavy atom. The number of methoxy groups -OCH3 is 1. The summed E-state index contributed by atoms with van der Waals surface area (Å²) >= 11 is 0. The van der Waals surface area contributed by atoms with Gasteiger partial charge < -0.3 is 25.4 Å². The summed E-state index contributed by atoms with van der Waals surface area (Å²) in [5, 5.41) is 9.59. The summed E-state index contributed by atoms with van der Waals surface area (Å²) in [6.45, 7) is 5.10. The number of rotatable bonds is 8. The molecule has 6 nitrogen and oxygen atoms in total. The molecule has 3 N–H and O–H groups in total. The lowest BCUT2D eigenvalue weighted by molar-refractivity contribution is -0.0504. The van der Waals surface area contributed by atoms with E-state index < -0.39 is 6.61 Å². The highest BCUT2D eigenvalue weighted by Gasteiger charge is 2.12. The lowest BCUT2D eigenvalue weighted by Gasteiger charge is -2.21. The highest BCUT2D eigenvalue weighted by Crippen LogP contribution is 2.25. The molecule has 0 saturated heterocycles. The molecule has 1 aromatic rings. The molecule has 0 amide bonds. The number of ether oxygens (including phenoxy) is 2. The number of aliphatic imine (C=N–C) groups is 1. The molecule has 8 heteroatoms. The van der Waals surface area contributed by atoms with Crippen molar-refractivity contribution in [3.05, 3.63) is 23.8 Å². The first kappa shape index (κ1) is 21.0. The van der Waals surface area contributed by atoms with E-state index in [0.29, 0.717) is 23.8 Å². The highest BCUT2D eigenvalue weighted by molar-refractivity contribution is 5.79. The molecule has 142 valence electrons. The second-order valence-electron chi connectivity index (χ2n) is 6.38. The van der Waals surface area contributed by atoms with Gasteiger partial charge in [-0.2, -0.15) is 8.78 Å². The summed E-state index contributed by atoms with van der Waals surface area (Å²) in [6, 6.07) is 4.69. The zero-order valence-electron chi connectivity index (χ0n) is 15.5. The van der Waals surface area contributed by atoms with E-state index in [-0.39, 0.29) is 17.8 Å². The van der Waals surface area contributed by atoms with Gasteiger partial charge in [0.15, 0.2) is 5.96 Å². The van der Waals surface area contributed by atoms with Crippen LogP contribution in [0.1, 0.15) is 26.3 Å². The van der Waals surface area contributed by atoms with Crippen LogP contribution in [0.2, 0.25) is 0 Å². The second-order valence-corrected chi connectivity index (χ2v) is 6.38. The largest absolute Gasteiger partial charge is 0.497 e. The highest BCUT2D eigenvalue weighted by atomic mass is 19.3. The molecule has 0 aromatic heterocycles. The van der Waals surface area contributed by atoms with Crippen LogP contribution in [-0.2, 0) is 6.54 Å². The number of hydrogen-bond acceptors (Lipinski definition) is 4. The van der Waals surface area contributed by atoms with Crippen molar-refractivity contribution in [3.8, 4) is 11.5 Å². The van der Waals surface area contributed by atoms with Crippen LogP contribution in [0.5, 0.6) is 11.5 Å². The van der Waals surface area contributed by atoms with Crippen molar-refractivity contribution in [2.45, 2.75) is 39.5 Å². The lowest BCUT2D eigenvalue weighted by atomic mass is 10.1. The number of nitrogens with one attached hydrogen (secondary N) is 3. The Balaban J connectivity index is 2.61. The van der Waals surface area contributed by atoms with E-state index in [2.05, 4.69) is 46.5 Å². The van der Waals surface area contributed by atoms with Gasteiger partial charge in [0.2, 0.25) is 0 Å². The minimum Gasteiger partial charge on any atom is -0.497 e. The van der Waals surface area contributed by atoms with Crippen LogP contribution in [0.25, 0.3) is 0 Å². The first-order chi connectivity index (χ1) is 11.7. The van der Waals surface area contributed by atoms with E-state index in [1.807, 2.05) is 0 Å². The van der Waals surface area contributed by atoms with E-state index in [1.165, 1.54) is 13.2 Å². The maximum absolute atomic E-state index is 12.5. The number of guanidine groups is 1. The zero-order valence-corrected chi connectivity index (χ0v) is 15.5. The molecule has 0 saturated carbocycles. The van der Waals surface area contributed by atoms with Crippen LogP contribution in [-0.4, -0.2) is 45.4 Å². The van der Waals surface area contributed by atoms with Gasteiger partial charge in [-0.15, -0.1) is 0 Å². The van der Waals surface area contributed by atoms with Gasteiger partial charge in [0.05, 0.1) is 7.11 Å². The van der Waals surface area contributed by atoms with E-state index in [4.69, 9.17) is 4.74 Å². The molecule has 0 unspecified atom stereocenters. The second kappa shape index (κ2) is 10.0. The van der Waals surface area contributed by atoms with Crippen molar-refractivity contribution in [2.24, 2.45) is 4.99 Å². The molecule has 0 aliphatic rings. The van der Waals surface area contributed by atoms with Crippen molar-refractivity contribution in [1.29, 1.82) is 0 Å². The fourth-order valence-electron chi connectivity index (χ4n) is 2.05. The summed E-state index contributed by atoms with van der Waals surface area (Å²) in [6.07, 6.45) is 0. The Hall–Kier alpha value is -2.09. The number of hydrogen-bond donors (Lipinski definition) is 3. The van der Waals surface area contributed by atoms with Crippen molar-refractivity contribution < 1.29 is 18.3 Å². The normalized spacial score (nSPS) is 12.2. The van der Waals surface area contributed by atoms with Crippen LogP contribution in [0.4, 0.5) is 8.78 Å². The molecule has 1 rings (SSSR count). The van der Waals surface area contributed by atoms with Gasteiger partial charge in [0, 0.05) is 37.8 Å². The Morgan fingerprint density at radius 2 is 1.92 bits per heavy atom. The Bertz CT molecular complexity index is 560. The first-order valence-electron chi connectivity index (χ1n) is 8.06. The third-order valence-electron chi connectivity index (χ3n) is 3.23. The summed E-state index contributed by atoms with van der Waals surface area (Å²) < 4.78 is 34.7. The standard InChI is InChI=1S/C17H28F2N4O2/c1-17(2,3)23-9-8-21-16(20-4)22-11-12-10-13(24-5)6-7-14(12)25-15(18)19/h6-7,10,15,23H,8-9,11H2,1-5H3,(H2,20,21,22). The van der Waals surface area contributed by atoms with Crippen molar-refractivity contribution in [1.82, 2.24) is 16.0 Å². The predicted octanol–water partition coefficient (Wildman–Crippen LogP) is 2.35. The van der Waals surface area contributed by atoms with Crippen LogP contribution < -0.4 is 25.4 Å². The van der Waals surface area contributed by atoms with E-state index in [0.717, 1.165) is 6.54 Å². The van der Waals surface area contributed by atoms with E-state index in [9.17, 15) is 8.78 Å². The monoisotopic (exact) mass is 358 g/mol. The number of alkyl halides is 2. The smallest absolute Gasteiger partial charge is 0.387 e. The average molecular weight is 358 g/mol. The van der Waals surface area contributed by atoms with E-state index in [1.54, 1.807) is 19.2 Å². The van der Waals surface area contributed by atoms with Crippen LogP contribution in [0.15, 0.2) is 23.2 Å². The third-order valence-corrected chi connectivity index (χ3v) is 3.23. The molecule has 25 heavy (non-hydrogen) atoms. The molecular formula is C17H28F2N4O2. The molecular weight excluding hydrogens is 330 g/mol. The summed E-state index contributed by atoms with van der Waals surface area (Å²) in [4.78, 5) is 4.12. The quantitative estimate of drug-likeness (QED) is 0.378. The van der Waals surface area contributed by atoms with Gasteiger partial charge in [0.1, 0.15) is 11.5 Å². The average Bonchev–Trinajstić information content (AvgIpc) is 2.53. The molecule has 0 fully saturated rings. The number of nitrogens with zero attached hydrogens (tertiary/aromatic N) is 1. The molecule has 0 heterocycles. The van der Waals surface area contributed by atoms with Crippen LogP contribution in [0, 0.1) is 0 Å². The molecule has 0 radical (unpaired) electrons. The van der Waals surface area contributed by atoms with Gasteiger partial charge in [0.25, 0.3) is 0 Å². The van der Waals surface area contributed by atoms with Crippen molar-refractivity contribution in [2.75, 3.05) is 27.2 Å². The van der Waals surface area contributed by atoms with Gasteiger partial charge in [-0.05, 0) is 39.0 Å².